The van der Waals surface area contributed by atoms with E-state index in [2.05, 4.69) is 0 Å². The van der Waals surface area contributed by atoms with Crippen LogP contribution in [0.2, 0.25) is 0 Å². The Kier molecular flexibility index (Phi) is 9.86. The van der Waals surface area contributed by atoms with E-state index in [0.29, 0.717) is 24.8 Å². The minimum absolute atomic E-state index is 0.0201. The van der Waals surface area contributed by atoms with Crippen LogP contribution >= 0.6 is 0 Å². The molecule has 0 aliphatic rings. The van der Waals surface area contributed by atoms with Gasteiger partial charge in [-0.1, -0.05) is 67.6 Å². The highest BCUT2D eigenvalue weighted by molar-refractivity contribution is 5.95. The smallest absolute Gasteiger partial charge is 0.415 e. The van der Waals surface area contributed by atoms with Crippen LogP contribution in [0.5, 0.6) is 0 Å². The molecule has 2 rings (SSSR count). The van der Waals surface area contributed by atoms with E-state index >= 15 is 0 Å². The molecule has 0 aliphatic carbocycles. The van der Waals surface area contributed by atoms with Crippen molar-refractivity contribution in [2.45, 2.75) is 71.6 Å². The van der Waals surface area contributed by atoms with Crippen LogP contribution < -0.4 is 0 Å². The van der Waals surface area contributed by atoms with Gasteiger partial charge in [-0.25, -0.2) is 4.79 Å². The summed E-state index contributed by atoms with van der Waals surface area (Å²) in [6.07, 6.45) is 3.95. The lowest BCUT2D eigenvalue weighted by molar-refractivity contribution is -0.0105. The van der Waals surface area contributed by atoms with E-state index in [9.17, 15) is 14.7 Å². The van der Waals surface area contributed by atoms with Crippen LogP contribution in [0.25, 0.3) is 0 Å². The first-order valence-electron chi connectivity index (χ1n) is 11.7. The lowest BCUT2D eigenvalue weighted by Gasteiger charge is -2.33. The summed E-state index contributed by atoms with van der Waals surface area (Å²) >= 11 is 0. The summed E-state index contributed by atoms with van der Waals surface area (Å²) in [7, 11) is 0. The van der Waals surface area contributed by atoms with E-state index in [4.69, 9.17) is 4.74 Å². The molecule has 0 spiro atoms. The number of carbonyl (C=O) groups excluding carboxylic acids is 2. The molecule has 1 N–H and O–H groups in total. The maximum absolute atomic E-state index is 12.5. The number of amides is 1. The van der Waals surface area contributed by atoms with Crippen molar-refractivity contribution < 1.29 is 19.4 Å². The number of carbonyl (C=O) groups is 2. The summed E-state index contributed by atoms with van der Waals surface area (Å²) in [6, 6.07) is 18.7. The van der Waals surface area contributed by atoms with Crippen molar-refractivity contribution >= 4 is 11.9 Å². The van der Waals surface area contributed by atoms with E-state index in [1.54, 1.807) is 11.0 Å². The molecule has 0 saturated heterocycles. The van der Waals surface area contributed by atoms with Gasteiger partial charge >= 0.3 is 6.09 Å². The Hall–Kier alpha value is -2.92. The molecule has 0 bridgehead atoms. The van der Waals surface area contributed by atoms with Crippen LogP contribution in [0.15, 0.2) is 73.0 Å². The van der Waals surface area contributed by atoms with E-state index in [1.807, 2.05) is 95.3 Å². The molecule has 5 nitrogen and oxygen atoms in total. The van der Waals surface area contributed by atoms with Gasteiger partial charge in [-0.2, -0.15) is 0 Å². The van der Waals surface area contributed by atoms with Gasteiger partial charge in [-0.15, -0.1) is 0 Å². The topological polar surface area (TPSA) is 66.8 Å². The fourth-order valence-corrected chi connectivity index (χ4v) is 4.10. The van der Waals surface area contributed by atoms with Crippen LogP contribution in [0.4, 0.5) is 4.79 Å². The molecular weight excluding hydrogens is 414 g/mol. The van der Waals surface area contributed by atoms with Gasteiger partial charge in [0, 0.05) is 30.0 Å². The summed E-state index contributed by atoms with van der Waals surface area (Å²) in [5.41, 5.74) is 0.254. The van der Waals surface area contributed by atoms with Gasteiger partial charge in [-0.3, -0.25) is 4.79 Å². The summed E-state index contributed by atoms with van der Waals surface area (Å²) < 4.78 is 5.37. The van der Waals surface area contributed by atoms with Crippen LogP contribution in [-0.2, 0) is 10.3 Å². The summed E-state index contributed by atoms with van der Waals surface area (Å²) in [5.74, 6) is -0.281. The number of hydrogen-bond donors (Lipinski definition) is 1. The highest BCUT2D eigenvalue weighted by Crippen LogP contribution is 2.36. The number of Topliss-reactive ketones (excluding diaryl/α,β-unsaturated/α-hetero) is 1. The second-order valence-corrected chi connectivity index (χ2v) is 9.03. The molecule has 178 valence electrons. The average molecular weight is 452 g/mol. The predicted octanol–water partition coefficient (Wildman–Crippen LogP) is 6.33. The van der Waals surface area contributed by atoms with Crippen molar-refractivity contribution in [3.63, 3.8) is 0 Å². The number of hydrogen-bond acceptors (Lipinski definition) is 4. The van der Waals surface area contributed by atoms with E-state index < -0.39 is 11.7 Å². The molecule has 1 amide bonds. The first-order chi connectivity index (χ1) is 15.7. The third-order valence-electron chi connectivity index (χ3n) is 5.94. The molecule has 2 aromatic carbocycles. The van der Waals surface area contributed by atoms with Gasteiger partial charge in [0.1, 0.15) is 0 Å². The Labute approximate surface area is 198 Å². The Morgan fingerprint density at radius 1 is 0.939 bits per heavy atom. The van der Waals surface area contributed by atoms with Crippen molar-refractivity contribution in [3.8, 4) is 0 Å². The highest BCUT2D eigenvalue weighted by atomic mass is 16.5. The lowest BCUT2D eigenvalue weighted by Crippen LogP contribution is -2.41. The molecule has 2 atom stereocenters. The predicted molar refractivity (Wildman–Crippen MR) is 132 cm³/mol. The van der Waals surface area contributed by atoms with Gasteiger partial charge in [0.2, 0.25) is 0 Å². The molecule has 0 radical (unpaired) electrons. The monoisotopic (exact) mass is 451 g/mol. The highest BCUT2D eigenvalue weighted by Gasteiger charge is 2.34. The van der Waals surface area contributed by atoms with Crippen LogP contribution in [0.1, 0.15) is 69.8 Å². The average Bonchev–Trinajstić information content (AvgIpc) is 2.79. The third kappa shape index (κ3) is 7.29. The molecule has 0 unspecified atom stereocenters. The first-order valence-corrected chi connectivity index (χ1v) is 11.7. The molecule has 2 aromatic rings. The van der Waals surface area contributed by atoms with Crippen LogP contribution in [-0.4, -0.2) is 34.0 Å². The molecule has 0 aliphatic heterocycles. The molecule has 0 aromatic heterocycles. The fourth-order valence-electron chi connectivity index (χ4n) is 4.10. The number of ether oxygens (including phenoxy) is 1. The number of aliphatic hydroxyl groups is 1. The van der Waals surface area contributed by atoms with Gasteiger partial charge in [-0.05, 0) is 52.2 Å². The lowest BCUT2D eigenvalue weighted by atomic mass is 9.78. The summed E-state index contributed by atoms with van der Waals surface area (Å²) in [5, 5.41) is 11.7. The standard InChI is InChI=1S/C28H37NO4/c1-21(2)29(22(3)4)27(31)33-20-18-23(5)28(32,25-15-10-7-11-16-25)19-12-17-26(30)24-13-8-6-9-14-24/h6-11,13-16,18,20-23,32H,12,17,19H2,1-5H3/b20-18-/t23-,28-/m0/s1. The maximum Gasteiger partial charge on any atom is 0.415 e. The first kappa shape index (κ1) is 26.3. The molecule has 5 heteroatoms. The zero-order valence-corrected chi connectivity index (χ0v) is 20.4. The Morgan fingerprint density at radius 2 is 1.48 bits per heavy atom. The quantitative estimate of drug-likeness (QED) is 0.320. The van der Waals surface area contributed by atoms with Crippen molar-refractivity contribution in [2.24, 2.45) is 5.92 Å². The summed E-state index contributed by atoms with van der Waals surface area (Å²) in [4.78, 5) is 26.6. The second-order valence-electron chi connectivity index (χ2n) is 9.03. The molecular formula is C28H37NO4. The minimum atomic E-state index is -1.20. The Balaban J connectivity index is 2.10. The normalized spacial score (nSPS) is 14.3. The van der Waals surface area contributed by atoms with E-state index in [1.165, 1.54) is 6.26 Å². The summed E-state index contributed by atoms with van der Waals surface area (Å²) in [6.45, 7) is 9.66. The number of ketones is 1. The molecule has 0 heterocycles. The van der Waals surface area contributed by atoms with Crippen molar-refractivity contribution in [3.05, 3.63) is 84.1 Å². The van der Waals surface area contributed by atoms with Gasteiger partial charge in [0.15, 0.2) is 5.78 Å². The molecule has 0 fully saturated rings. The van der Waals surface area contributed by atoms with E-state index in [0.717, 1.165) is 5.56 Å². The number of nitrogens with zero attached hydrogens (tertiary/aromatic N) is 1. The third-order valence-corrected chi connectivity index (χ3v) is 5.94. The van der Waals surface area contributed by atoms with Gasteiger partial charge in [0.25, 0.3) is 0 Å². The van der Waals surface area contributed by atoms with Gasteiger partial charge in [0.05, 0.1) is 11.9 Å². The second kappa shape index (κ2) is 12.4. The van der Waals surface area contributed by atoms with Crippen molar-refractivity contribution in [1.29, 1.82) is 0 Å². The van der Waals surface area contributed by atoms with Crippen molar-refractivity contribution in [2.75, 3.05) is 0 Å². The zero-order chi connectivity index (χ0) is 24.4. The Bertz CT molecular complexity index is 900. The molecule has 0 saturated carbocycles. The number of rotatable bonds is 11. The largest absolute Gasteiger partial charge is 0.418 e. The van der Waals surface area contributed by atoms with Crippen LogP contribution in [0, 0.1) is 5.92 Å². The Morgan fingerprint density at radius 3 is 2.03 bits per heavy atom. The minimum Gasteiger partial charge on any atom is -0.418 e. The van der Waals surface area contributed by atoms with Gasteiger partial charge < -0.3 is 14.7 Å². The zero-order valence-electron chi connectivity index (χ0n) is 20.4. The van der Waals surface area contributed by atoms with Crippen molar-refractivity contribution in [1.82, 2.24) is 4.90 Å². The molecule has 33 heavy (non-hydrogen) atoms. The SMILES string of the molecule is CC(C)N(C(=O)O/C=C\[C@H](C)[C@@](O)(CCCC(=O)c1ccccc1)c1ccccc1)C(C)C. The maximum atomic E-state index is 12.5. The fraction of sp³-hybridized carbons (Fsp3) is 0.429. The van der Waals surface area contributed by atoms with E-state index in [-0.39, 0.29) is 23.8 Å². The number of benzene rings is 2. The van der Waals surface area contributed by atoms with Crippen LogP contribution in [0.3, 0.4) is 0 Å².